The Labute approximate surface area is 217 Å². The maximum Gasteiger partial charge on any atom is 0.328 e. The number of carbonyl (C=O) groups is 2. The van der Waals surface area contributed by atoms with E-state index in [2.05, 4.69) is 29.4 Å². The molecule has 0 saturated carbocycles. The molecule has 0 aliphatic rings. The molecule has 2 aromatic carbocycles. The molecule has 0 spiro atoms. The van der Waals surface area contributed by atoms with Crippen molar-refractivity contribution < 1.29 is 28.9 Å². The molecule has 0 aliphatic heterocycles. The number of para-hydroxylation sites is 1. The van der Waals surface area contributed by atoms with Gasteiger partial charge in [0.25, 0.3) is 5.91 Å². The number of nitrogens with one attached hydrogen (secondary N) is 1. The lowest BCUT2D eigenvalue weighted by Gasteiger charge is -2.32. The Balaban J connectivity index is 1.72. The van der Waals surface area contributed by atoms with Crippen LogP contribution in [0, 0.1) is 5.92 Å². The van der Waals surface area contributed by atoms with Crippen molar-refractivity contribution in [3.63, 3.8) is 0 Å². The van der Waals surface area contributed by atoms with Gasteiger partial charge in [-0.15, -0.1) is 0 Å². The molecule has 196 valence electrons. The number of pyridine rings is 1. The third-order valence-corrected chi connectivity index (χ3v) is 6.13. The fraction of sp³-hybridized carbons (Fsp3) is 0.345. The van der Waals surface area contributed by atoms with Crippen molar-refractivity contribution in [3.8, 4) is 17.2 Å². The molecular weight excluding hydrogens is 472 g/mol. The number of esters is 1. The summed E-state index contributed by atoms with van der Waals surface area (Å²) >= 11 is 0. The summed E-state index contributed by atoms with van der Waals surface area (Å²) in [7, 11) is 1.37. The average molecular weight is 507 g/mol. The van der Waals surface area contributed by atoms with E-state index in [0.29, 0.717) is 5.75 Å². The number of methoxy groups -OCH3 is 1. The summed E-state index contributed by atoms with van der Waals surface area (Å²) in [6, 6.07) is 20.0. The van der Waals surface area contributed by atoms with Gasteiger partial charge in [-0.2, -0.15) is 0 Å². The summed E-state index contributed by atoms with van der Waals surface area (Å²) in [4.78, 5) is 29.5. The summed E-state index contributed by atoms with van der Waals surface area (Å²) in [6.45, 7) is 5.39. The number of nitrogens with zero attached hydrogens (tertiary/aromatic N) is 1. The molecule has 0 bridgehead atoms. The summed E-state index contributed by atoms with van der Waals surface area (Å²) in [5, 5.41) is 12.7. The van der Waals surface area contributed by atoms with Crippen LogP contribution >= 0.6 is 0 Å². The van der Waals surface area contributed by atoms with Crippen LogP contribution in [-0.2, 0) is 16.0 Å². The first-order valence-electron chi connectivity index (χ1n) is 12.3. The van der Waals surface area contributed by atoms with Crippen molar-refractivity contribution >= 4 is 11.9 Å². The maximum absolute atomic E-state index is 13.0. The number of aromatic hydroxyl groups is 1. The first-order valence-corrected chi connectivity index (χ1v) is 12.3. The largest absolute Gasteiger partial charge is 0.503 e. The summed E-state index contributed by atoms with van der Waals surface area (Å²) < 4.78 is 17.2. The zero-order valence-electron chi connectivity index (χ0n) is 21.6. The summed E-state index contributed by atoms with van der Waals surface area (Å²) in [5.74, 6) is -0.898. The molecule has 4 atom stereocenters. The van der Waals surface area contributed by atoms with Gasteiger partial charge in [0, 0.05) is 18.2 Å². The fourth-order valence-electron chi connectivity index (χ4n) is 4.08. The van der Waals surface area contributed by atoms with E-state index in [4.69, 9.17) is 14.2 Å². The monoisotopic (exact) mass is 506 g/mol. The number of amides is 1. The minimum atomic E-state index is -0.992. The van der Waals surface area contributed by atoms with Crippen molar-refractivity contribution in [2.45, 2.75) is 51.9 Å². The molecule has 0 saturated heterocycles. The van der Waals surface area contributed by atoms with Crippen molar-refractivity contribution in [3.05, 3.63) is 84.2 Å². The van der Waals surface area contributed by atoms with Gasteiger partial charge in [-0.25, -0.2) is 9.78 Å². The Kier molecular flexibility index (Phi) is 9.89. The van der Waals surface area contributed by atoms with Crippen LogP contribution in [0.25, 0.3) is 0 Å². The van der Waals surface area contributed by atoms with Crippen LogP contribution in [0.5, 0.6) is 17.2 Å². The highest BCUT2D eigenvalue weighted by Crippen LogP contribution is 2.28. The van der Waals surface area contributed by atoms with Crippen LogP contribution in [0.15, 0.2) is 72.9 Å². The lowest BCUT2D eigenvalue weighted by atomic mass is 9.89. The molecule has 8 heteroatoms. The molecule has 1 amide bonds. The molecule has 1 heterocycles. The Morgan fingerprint density at radius 1 is 1.00 bits per heavy atom. The van der Waals surface area contributed by atoms with Gasteiger partial charge in [-0.3, -0.25) is 4.79 Å². The highest BCUT2D eigenvalue weighted by molar-refractivity contribution is 5.97. The molecule has 8 nitrogen and oxygen atoms in total. The van der Waals surface area contributed by atoms with Crippen molar-refractivity contribution in [1.82, 2.24) is 10.3 Å². The number of rotatable bonds is 12. The molecule has 37 heavy (non-hydrogen) atoms. The molecule has 0 fully saturated rings. The van der Waals surface area contributed by atoms with Crippen molar-refractivity contribution in [2.75, 3.05) is 7.11 Å². The first kappa shape index (κ1) is 27.5. The van der Waals surface area contributed by atoms with Crippen LogP contribution in [0.3, 0.4) is 0 Å². The van der Waals surface area contributed by atoms with Crippen LogP contribution < -0.4 is 14.8 Å². The number of hydrogen-bond acceptors (Lipinski definition) is 7. The van der Waals surface area contributed by atoms with Gasteiger partial charge in [0.2, 0.25) is 0 Å². The van der Waals surface area contributed by atoms with Gasteiger partial charge in [0.1, 0.15) is 24.0 Å². The van der Waals surface area contributed by atoms with Crippen LogP contribution in [0.2, 0.25) is 0 Å². The third kappa shape index (κ3) is 7.46. The smallest absolute Gasteiger partial charge is 0.328 e. The zero-order valence-corrected chi connectivity index (χ0v) is 21.6. The zero-order chi connectivity index (χ0) is 26.8. The number of ether oxygens (including phenoxy) is 3. The molecule has 3 aromatic rings. The van der Waals surface area contributed by atoms with E-state index >= 15 is 0 Å². The second-order valence-electron chi connectivity index (χ2n) is 8.80. The molecular formula is C29H34N2O6. The third-order valence-electron chi connectivity index (χ3n) is 6.13. The van der Waals surface area contributed by atoms with Crippen LogP contribution in [0.1, 0.15) is 43.2 Å². The predicted octanol–water partition coefficient (Wildman–Crippen LogP) is 4.56. The minimum absolute atomic E-state index is 0.0632. The quantitative estimate of drug-likeness (QED) is 0.347. The van der Waals surface area contributed by atoms with E-state index < -0.39 is 35.9 Å². The number of benzene rings is 2. The van der Waals surface area contributed by atoms with E-state index in [9.17, 15) is 14.7 Å². The van der Waals surface area contributed by atoms with Crippen molar-refractivity contribution in [2.24, 2.45) is 5.92 Å². The molecule has 0 aliphatic carbocycles. The van der Waals surface area contributed by atoms with E-state index in [1.165, 1.54) is 31.9 Å². The van der Waals surface area contributed by atoms with Gasteiger partial charge < -0.3 is 24.6 Å². The highest BCUT2D eigenvalue weighted by Gasteiger charge is 2.32. The summed E-state index contributed by atoms with van der Waals surface area (Å²) in [6.07, 6.45) is 1.86. The van der Waals surface area contributed by atoms with E-state index in [0.717, 1.165) is 12.8 Å². The van der Waals surface area contributed by atoms with Gasteiger partial charge in [-0.05, 0) is 44.4 Å². The second kappa shape index (κ2) is 13.3. The molecule has 3 rings (SSSR count). The SMILES string of the molecule is CC[C@@H](Cc1ccccc1)[C@H](Oc1ccccc1)[C@H](C)OC(=O)[C@H](C)NC(=O)c1nccc(OC)c1O. The van der Waals surface area contributed by atoms with Gasteiger partial charge in [-0.1, -0.05) is 55.5 Å². The van der Waals surface area contributed by atoms with Gasteiger partial charge >= 0.3 is 5.97 Å². The lowest BCUT2D eigenvalue weighted by molar-refractivity contribution is -0.156. The number of aromatic nitrogens is 1. The van der Waals surface area contributed by atoms with Crippen LogP contribution in [0.4, 0.5) is 0 Å². The Hall–Kier alpha value is -4.07. The fourth-order valence-corrected chi connectivity index (χ4v) is 4.08. The maximum atomic E-state index is 13.0. The summed E-state index contributed by atoms with van der Waals surface area (Å²) in [5.41, 5.74) is 0.923. The van der Waals surface area contributed by atoms with Gasteiger partial charge in [0.05, 0.1) is 7.11 Å². The Morgan fingerprint density at radius 3 is 2.27 bits per heavy atom. The van der Waals surface area contributed by atoms with Gasteiger partial charge in [0.15, 0.2) is 17.2 Å². The number of hydrogen-bond donors (Lipinski definition) is 2. The van der Waals surface area contributed by atoms with Crippen LogP contribution in [-0.4, -0.2) is 47.3 Å². The standard InChI is InChI=1S/C29H34N2O6/c1-5-22(18-21-12-8-6-9-13-21)27(37-23-14-10-7-11-15-23)20(3)36-29(34)19(2)31-28(33)25-26(32)24(35-4)16-17-30-25/h6-17,19-20,22,27,32H,5,18H2,1-4H3,(H,31,33)/t19-,20-,22-,27+/m0/s1. The predicted molar refractivity (Wildman–Crippen MR) is 140 cm³/mol. The number of carbonyl (C=O) groups excluding carboxylic acids is 2. The second-order valence-corrected chi connectivity index (χ2v) is 8.80. The normalized spacial score (nSPS) is 14.1. The van der Waals surface area contributed by atoms with E-state index in [1.54, 1.807) is 6.92 Å². The lowest BCUT2D eigenvalue weighted by Crippen LogP contribution is -2.45. The molecule has 1 aromatic heterocycles. The average Bonchev–Trinajstić information content (AvgIpc) is 2.91. The first-order chi connectivity index (χ1) is 17.8. The van der Waals surface area contributed by atoms with Crippen molar-refractivity contribution in [1.29, 1.82) is 0 Å². The Morgan fingerprint density at radius 2 is 1.65 bits per heavy atom. The van der Waals surface area contributed by atoms with E-state index in [-0.39, 0.29) is 17.4 Å². The van der Waals surface area contributed by atoms with E-state index in [1.807, 2.05) is 48.5 Å². The molecule has 0 unspecified atom stereocenters. The molecule has 2 N–H and O–H groups in total. The Bertz CT molecular complexity index is 1160. The highest BCUT2D eigenvalue weighted by atomic mass is 16.6. The minimum Gasteiger partial charge on any atom is -0.503 e. The molecule has 0 radical (unpaired) electrons. The topological polar surface area (TPSA) is 107 Å².